The fourth-order valence-corrected chi connectivity index (χ4v) is 3.96. The molecule has 108 valence electrons. The van der Waals surface area contributed by atoms with Gasteiger partial charge in [-0.1, -0.05) is 6.92 Å². The minimum Gasteiger partial charge on any atom is -0.378 e. The summed E-state index contributed by atoms with van der Waals surface area (Å²) in [6.45, 7) is 6.59. The maximum atomic E-state index is 5.19. The molecule has 0 aliphatic carbocycles. The zero-order valence-electron chi connectivity index (χ0n) is 11.9. The average Bonchev–Trinajstić information content (AvgIpc) is 2.79. The van der Waals surface area contributed by atoms with Gasteiger partial charge in [-0.2, -0.15) is 12.6 Å². The van der Waals surface area contributed by atoms with Gasteiger partial charge in [-0.15, -0.1) is 11.3 Å². The lowest BCUT2D eigenvalue weighted by Gasteiger charge is -2.30. The molecule has 1 aromatic heterocycles. The van der Waals surface area contributed by atoms with Crippen molar-refractivity contribution in [3.05, 3.63) is 15.6 Å². The lowest BCUT2D eigenvalue weighted by atomic mass is 10.0. The summed E-state index contributed by atoms with van der Waals surface area (Å²) in [6.07, 6.45) is 3.78. The molecule has 1 aliphatic rings. The van der Waals surface area contributed by atoms with Gasteiger partial charge < -0.3 is 9.64 Å². The lowest BCUT2D eigenvalue weighted by molar-refractivity contribution is 0.180. The molecule has 2 heterocycles. The molecular weight excluding hydrogens is 276 g/mol. The molecule has 3 nitrogen and oxygen atoms in total. The normalized spacial score (nSPS) is 20.9. The highest BCUT2D eigenvalue weighted by atomic mass is 32.1. The van der Waals surface area contributed by atoms with Crippen LogP contribution in [0.5, 0.6) is 0 Å². The third kappa shape index (κ3) is 4.45. The van der Waals surface area contributed by atoms with E-state index < -0.39 is 0 Å². The first-order valence-electron chi connectivity index (χ1n) is 7.02. The van der Waals surface area contributed by atoms with E-state index in [1.165, 1.54) is 35.8 Å². The molecule has 2 rings (SSSR count). The summed E-state index contributed by atoms with van der Waals surface area (Å²) >= 11 is 6.17. The van der Waals surface area contributed by atoms with E-state index in [0.717, 1.165) is 30.3 Å². The second-order valence-corrected chi connectivity index (χ2v) is 6.85. The molecule has 19 heavy (non-hydrogen) atoms. The molecule has 0 N–H and O–H groups in total. The lowest BCUT2D eigenvalue weighted by Crippen LogP contribution is -2.35. The van der Waals surface area contributed by atoms with Gasteiger partial charge >= 0.3 is 0 Å². The fraction of sp³-hybridized carbons (Fsp3) is 0.786. The van der Waals surface area contributed by atoms with Crippen LogP contribution in [0.4, 0.5) is 0 Å². The van der Waals surface area contributed by atoms with E-state index in [0.29, 0.717) is 6.61 Å². The molecule has 1 aliphatic heterocycles. The maximum absolute atomic E-state index is 5.19. The monoisotopic (exact) mass is 300 g/mol. The summed E-state index contributed by atoms with van der Waals surface area (Å²) in [7, 11) is 1.72. The first-order valence-corrected chi connectivity index (χ1v) is 8.47. The second kappa shape index (κ2) is 7.62. The second-order valence-electron chi connectivity index (χ2n) is 5.37. The standard InChI is InChI=1S/C14H24N2OS2/c1-11-4-3-6-16(8-11)7-5-14-15-12(9-17-2)13(10-18)19-14/h11,18H,3-10H2,1-2H3. The highest BCUT2D eigenvalue weighted by Crippen LogP contribution is 2.22. The van der Waals surface area contributed by atoms with Crippen LogP contribution < -0.4 is 0 Å². The van der Waals surface area contributed by atoms with Gasteiger partial charge in [-0.3, -0.25) is 0 Å². The van der Waals surface area contributed by atoms with Crippen molar-refractivity contribution in [2.24, 2.45) is 5.92 Å². The topological polar surface area (TPSA) is 25.4 Å². The molecule has 1 atom stereocenters. The van der Waals surface area contributed by atoms with Gasteiger partial charge in [0.25, 0.3) is 0 Å². The van der Waals surface area contributed by atoms with E-state index >= 15 is 0 Å². The molecule has 5 heteroatoms. The number of thiazole rings is 1. The highest BCUT2D eigenvalue weighted by molar-refractivity contribution is 7.79. The van der Waals surface area contributed by atoms with Crippen LogP contribution in [0, 0.1) is 5.92 Å². The number of hydrogen-bond acceptors (Lipinski definition) is 5. The van der Waals surface area contributed by atoms with Crippen molar-refractivity contribution >= 4 is 24.0 Å². The number of likely N-dealkylation sites (tertiary alicyclic amines) is 1. The minimum absolute atomic E-state index is 0.604. The third-order valence-corrected chi connectivity index (χ3v) is 5.32. The molecule has 0 spiro atoms. The summed E-state index contributed by atoms with van der Waals surface area (Å²) in [5.74, 6) is 1.61. The van der Waals surface area contributed by atoms with Crippen LogP contribution in [0.25, 0.3) is 0 Å². The van der Waals surface area contributed by atoms with E-state index in [1.807, 2.05) is 0 Å². The van der Waals surface area contributed by atoms with E-state index in [2.05, 4.69) is 24.5 Å². The summed E-state index contributed by atoms with van der Waals surface area (Å²) in [6, 6.07) is 0. The Morgan fingerprint density at radius 2 is 2.37 bits per heavy atom. The van der Waals surface area contributed by atoms with Crippen molar-refractivity contribution in [2.45, 2.75) is 38.5 Å². The number of rotatable bonds is 6. The Labute approximate surface area is 125 Å². The van der Waals surface area contributed by atoms with Crippen molar-refractivity contribution in [2.75, 3.05) is 26.7 Å². The van der Waals surface area contributed by atoms with Crippen LogP contribution in [-0.2, 0) is 23.5 Å². The Morgan fingerprint density at radius 3 is 3.05 bits per heavy atom. The van der Waals surface area contributed by atoms with Crippen LogP contribution in [0.3, 0.4) is 0 Å². The van der Waals surface area contributed by atoms with E-state index in [9.17, 15) is 0 Å². The molecule has 0 amide bonds. The number of hydrogen-bond donors (Lipinski definition) is 1. The van der Waals surface area contributed by atoms with Crippen molar-refractivity contribution in [1.29, 1.82) is 0 Å². The molecule has 0 bridgehead atoms. The Kier molecular flexibility index (Phi) is 6.13. The number of ether oxygens (including phenoxy) is 1. The maximum Gasteiger partial charge on any atom is 0.0945 e. The number of aromatic nitrogens is 1. The van der Waals surface area contributed by atoms with Crippen molar-refractivity contribution in [3.63, 3.8) is 0 Å². The number of thiol groups is 1. The zero-order valence-corrected chi connectivity index (χ0v) is 13.6. The van der Waals surface area contributed by atoms with Gasteiger partial charge in [0.1, 0.15) is 0 Å². The molecule has 1 aromatic rings. The molecular formula is C14H24N2OS2. The number of piperidine rings is 1. The smallest absolute Gasteiger partial charge is 0.0945 e. The van der Waals surface area contributed by atoms with E-state index in [-0.39, 0.29) is 0 Å². The van der Waals surface area contributed by atoms with Gasteiger partial charge in [0, 0.05) is 37.3 Å². The van der Waals surface area contributed by atoms with Gasteiger partial charge in [0.2, 0.25) is 0 Å². The van der Waals surface area contributed by atoms with Gasteiger partial charge in [0.05, 0.1) is 17.3 Å². The minimum atomic E-state index is 0.604. The third-order valence-electron chi connectivity index (χ3n) is 3.63. The van der Waals surface area contributed by atoms with Gasteiger partial charge in [0.15, 0.2) is 0 Å². The first-order chi connectivity index (χ1) is 9.22. The van der Waals surface area contributed by atoms with E-state index in [1.54, 1.807) is 18.4 Å². The summed E-state index contributed by atoms with van der Waals surface area (Å²) in [5.41, 5.74) is 1.07. The summed E-state index contributed by atoms with van der Waals surface area (Å²) in [5, 5.41) is 1.23. The van der Waals surface area contributed by atoms with Crippen LogP contribution in [0.1, 0.15) is 35.3 Å². The van der Waals surface area contributed by atoms with Crippen LogP contribution in [-0.4, -0.2) is 36.6 Å². The SMILES string of the molecule is COCc1nc(CCN2CCCC(C)C2)sc1CS. The average molecular weight is 300 g/mol. The highest BCUT2D eigenvalue weighted by Gasteiger charge is 2.17. The number of methoxy groups -OCH3 is 1. The van der Waals surface area contributed by atoms with Gasteiger partial charge in [-0.05, 0) is 25.3 Å². The van der Waals surface area contributed by atoms with Crippen LogP contribution in [0.2, 0.25) is 0 Å². The fourth-order valence-electron chi connectivity index (χ4n) is 2.66. The largest absolute Gasteiger partial charge is 0.378 e. The zero-order chi connectivity index (χ0) is 13.7. The van der Waals surface area contributed by atoms with Crippen molar-refractivity contribution in [1.82, 2.24) is 9.88 Å². The molecule has 0 aromatic carbocycles. The molecule has 1 saturated heterocycles. The Balaban J connectivity index is 1.88. The Hall–Kier alpha value is -0.100. The van der Waals surface area contributed by atoms with E-state index in [4.69, 9.17) is 9.72 Å². The summed E-state index contributed by atoms with van der Waals surface area (Å²) < 4.78 is 5.19. The van der Waals surface area contributed by atoms with Crippen molar-refractivity contribution in [3.8, 4) is 0 Å². The Morgan fingerprint density at radius 1 is 1.53 bits per heavy atom. The van der Waals surface area contributed by atoms with Crippen LogP contribution in [0.15, 0.2) is 0 Å². The number of nitrogens with zero attached hydrogens (tertiary/aromatic N) is 2. The Bertz CT molecular complexity index is 395. The molecule has 0 radical (unpaired) electrons. The quantitative estimate of drug-likeness (QED) is 0.818. The predicted molar refractivity (Wildman–Crippen MR) is 84.1 cm³/mol. The molecule has 1 fully saturated rings. The van der Waals surface area contributed by atoms with Crippen molar-refractivity contribution < 1.29 is 4.74 Å². The van der Waals surface area contributed by atoms with Crippen LogP contribution >= 0.6 is 24.0 Å². The predicted octanol–water partition coefficient (Wildman–Crippen LogP) is 2.99. The molecule has 0 saturated carbocycles. The van der Waals surface area contributed by atoms with Gasteiger partial charge in [-0.25, -0.2) is 4.98 Å². The summed E-state index contributed by atoms with van der Waals surface area (Å²) in [4.78, 5) is 8.52. The first kappa shape index (κ1) is 15.3. The molecule has 1 unspecified atom stereocenters.